The van der Waals surface area contributed by atoms with Gasteiger partial charge in [0.2, 0.25) is 5.91 Å². The van der Waals surface area contributed by atoms with E-state index < -0.39 is 0 Å². The highest BCUT2D eigenvalue weighted by molar-refractivity contribution is 7.00. The molecule has 28 heavy (non-hydrogen) atoms. The number of carbonyl (C=O) groups is 1. The van der Waals surface area contributed by atoms with Crippen molar-refractivity contribution in [2.45, 2.75) is 19.5 Å². The third-order valence-corrected chi connectivity index (χ3v) is 5.65. The minimum absolute atomic E-state index is 0.0603. The molecule has 1 aliphatic heterocycles. The fourth-order valence-electron chi connectivity index (χ4n) is 3.60. The summed E-state index contributed by atoms with van der Waals surface area (Å²) in [5.74, 6) is -0.224. The predicted octanol–water partition coefficient (Wildman–Crippen LogP) is 2.98. The Hall–Kier alpha value is -2.42. The van der Waals surface area contributed by atoms with Crippen LogP contribution in [0.2, 0.25) is 0 Å². The summed E-state index contributed by atoms with van der Waals surface area (Å²) in [6.45, 7) is 5.39. The zero-order valence-electron chi connectivity index (χ0n) is 15.6. The zero-order chi connectivity index (χ0) is 19.5. The van der Waals surface area contributed by atoms with E-state index in [1.165, 1.54) is 6.07 Å². The molecule has 4 rings (SSSR count). The number of amides is 1. The monoisotopic (exact) mass is 399 g/mol. The maximum absolute atomic E-state index is 13.9. The first kappa shape index (κ1) is 18.9. The topological polar surface area (TPSA) is 61.4 Å². The molecule has 0 radical (unpaired) electrons. The summed E-state index contributed by atoms with van der Waals surface area (Å²) in [5, 5.41) is 2.96. The van der Waals surface area contributed by atoms with E-state index in [0.29, 0.717) is 24.3 Å². The molecule has 3 aromatic rings. The number of aromatic nitrogens is 2. The molecule has 0 spiro atoms. The van der Waals surface area contributed by atoms with Crippen LogP contribution in [0.4, 0.5) is 10.1 Å². The van der Waals surface area contributed by atoms with Crippen molar-refractivity contribution in [2.24, 2.45) is 0 Å². The molecule has 1 fully saturated rings. The van der Waals surface area contributed by atoms with Crippen molar-refractivity contribution in [3.8, 4) is 0 Å². The van der Waals surface area contributed by atoms with E-state index in [1.54, 1.807) is 6.07 Å². The Kier molecular flexibility index (Phi) is 5.61. The number of fused-ring (bicyclic) bond motifs is 1. The van der Waals surface area contributed by atoms with Gasteiger partial charge in [-0.25, -0.2) is 4.39 Å². The third kappa shape index (κ3) is 4.19. The van der Waals surface area contributed by atoms with Gasteiger partial charge in [0.25, 0.3) is 0 Å². The average molecular weight is 399 g/mol. The molecule has 8 heteroatoms. The minimum atomic E-state index is -0.164. The maximum atomic E-state index is 13.9. The summed E-state index contributed by atoms with van der Waals surface area (Å²) >= 11 is 1.14. The molecule has 1 N–H and O–H groups in total. The van der Waals surface area contributed by atoms with E-state index in [4.69, 9.17) is 0 Å². The summed E-state index contributed by atoms with van der Waals surface area (Å²) in [6, 6.07) is 12.7. The van der Waals surface area contributed by atoms with Crippen LogP contribution in [-0.4, -0.2) is 56.7 Å². The summed E-state index contributed by atoms with van der Waals surface area (Å²) in [6.07, 6.45) is 0. The molecule has 0 saturated carbocycles. The van der Waals surface area contributed by atoms with Crippen molar-refractivity contribution >= 4 is 34.4 Å². The molecule has 1 aliphatic rings. The molecule has 2 aromatic carbocycles. The highest BCUT2D eigenvalue weighted by Crippen LogP contribution is 2.21. The Morgan fingerprint density at radius 2 is 2.07 bits per heavy atom. The molecule has 0 bridgehead atoms. The fourth-order valence-corrected chi connectivity index (χ4v) is 4.15. The van der Waals surface area contributed by atoms with Crippen LogP contribution >= 0.6 is 11.7 Å². The highest BCUT2D eigenvalue weighted by atomic mass is 32.1. The van der Waals surface area contributed by atoms with Gasteiger partial charge in [-0.15, -0.1) is 0 Å². The van der Waals surface area contributed by atoms with Crippen LogP contribution in [-0.2, 0) is 11.3 Å². The van der Waals surface area contributed by atoms with Gasteiger partial charge < -0.3 is 5.32 Å². The van der Waals surface area contributed by atoms with Crippen LogP contribution in [0.15, 0.2) is 42.5 Å². The summed E-state index contributed by atoms with van der Waals surface area (Å²) in [5.41, 5.74) is 2.93. The van der Waals surface area contributed by atoms with Crippen molar-refractivity contribution in [2.75, 3.05) is 31.5 Å². The standard InChI is InChI=1S/C20H22FN5OS/c1-14-11-25(12-15-5-2-3-6-16(15)21)9-10-26(14)13-19(27)22-17-7-4-8-18-20(17)24-28-23-18/h2-8,14H,9-13H2,1H3,(H,22,27)/t14-/m1/s1. The summed E-state index contributed by atoms with van der Waals surface area (Å²) < 4.78 is 22.3. The number of hydrogen-bond donors (Lipinski definition) is 1. The highest BCUT2D eigenvalue weighted by Gasteiger charge is 2.26. The molecular formula is C20H22FN5OS. The van der Waals surface area contributed by atoms with Gasteiger partial charge in [0.15, 0.2) is 0 Å². The minimum Gasteiger partial charge on any atom is -0.323 e. The van der Waals surface area contributed by atoms with Gasteiger partial charge in [-0.1, -0.05) is 24.3 Å². The Morgan fingerprint density at radius 1 is 1.21 bits per heavy atom. The molecule has 6 nitrogen and oxygen atoms in total. The first-order valence-corrected chi connectivity index (χ1v) is 10.0. The first-order chi connectivity index (χ1) is 13.6. The largest absolute Gasteiger partial charge is 0.323 e. The van der Waals surface area contributed by atoms with Gasteiger partial charge in [-0.05, 0) is 25.1 Å². The van der Waals surface area contributed by atoms with Gasteiger partial charge in [-0.3, -0.25) is 14.6 Å². The van der Waals surface area contributed by atoms with Crippen LogP contribution in [0.5, 0.6) is 0 Å². The van der Waals surface area contributed by atoms with E-state index in [-0.39, 0.29) is 17.8 Å². The second kappa shape index (κ2) is 8.30. The lowest BCUT2D eigenvalue weighted by molar-refractivity contribution is -0.118. The number of nitrogens with one attached hydrogen (secondary N) is 1. The average Bonchev–Trinajstić information content (AvgIpc) is 3.16. The number of anilines is 1. The Labute approximate surface area is 167 Å². The van der Waals surface area contributed by atoms with Gasteiger partial charge >= 0.3 is 0 Å². The van der Waals surface area contributed by atoms with E-state index in [1.807, 2.05) is 30.3 Å². The Bertz CT molecular complexity index is 978. The SMILES string of the molecule is C[C@@H]1CN(Cc2ccccc2F)CCN1CC(=O)Nc1cccc2nsnc12. The van der Waals surface area contributed by atoms with Crippen LogP contribution in [0.3, 0.4) is 0 Å². The van der Waals surface area contributed by atoms with Gasteiger partial charge in [0.05, 0.1) is 24.0 Å². The van der Waals surface area contributed by atoms with Crippen LogP contribution in [0.25, 0.3) is 11.0 Å². The summed E-state index contributed by atoms with van der Waals surface area (Å²) in [7, 11) is 0. The van der Waals surface area contributed by atoms with Crippen molar-refractivity contribution in [1.29, 1.82) is 0 Å². The van der Waals surface area contributed by atoms with Crippen molar-refractivity contribution in [1.82, 2.24) is 18.5 Å². The molecule has 1 amide bonds. The van der Waals surface area contributed by atoms with Crippen molar-refractivity contribution < 1.29 is 9.18 Å². The molecule has 2 heterocycles. The van der Waals surface area contributed by atoms with Crippen molar-refractivity contribution in [3.63, 3.8) is 0 Å². The number of benzene rings is 2. The van der Waals surface area contributed by atoms with Crippen molar-refractivity contribution in [3.05, 3.63) is 53.8 Å². The van der Waals surface area contributed by atoms with Gasteiger partial charge in [0, 0.05) is 37.8 Å². The van der Waals surface area contributed by atoms with Crippen LogP contribution in [0.1, 0.15) is 12.5 Å². The molecular weight excluding hydrogens is 377 g/mol. The lowest BCUT2D eigenvalue weighted by Crippen LogP contribution is -2.53. The Balaban J connectivity index is 1.33. The molecule has 146 valence electrons. The number of nitrogens with zero attached hydrogens (tertiary/aromatic N) is 4. The van der Waals surface area contributed by atoms with Crippen LogP contribution in [0, 0.1) is 5.82 Å². The molecule has 0 unspecified atom stereocenters. The lowest BCUT2D eigenvalue weighted by Gasteiger charge is -2.39. The number of piperazine rings is 1. The molecule has 1 saturated heterocycles. The number of rotatable bonds is 5. The second-order valence-electron chi connectivity index (χ2n) is 7.13. The first-order valence-electron chi connectivity index (χ1n) is 9.31. The third-order valence-electron chi connectivity index (χ3n) is 5.11. The molecule has 0 aliphatic carbocycles. The maximum Gasteiger partial charge on any atom is 0.238 e. The number of hydrogen-bond acceptors (Lipinski definition) is 6. The van der Waals surface area contributed by atoms with E-state index >= 15 is 0 Å². The van der Waals surface area contributed by atoms with Crippen LogP contribution < -0.4 is 5.32 Å². The van der Waals surface area contributed by atoms with E-state index in [0.717, 1.165) is 42.4 Å². The smallest absolute Gasteiger partial charge is 0.238 e. The van der Waals surface area contributed by atoms with Gasteiger partial charge in [-0.2, -0.15) is 8.75 Å². The second-order valence-corrected chi connectivity index (χ2v) is 7.66. The quantitative estimate of drug-likeness (QED) is 0.715. The molecule has 1 atom stereocenters. The zero-order valence-corrected chi connectivity index (χ0v) is 16.5. The lowest BCUT2D eigenvalue weighted by atomic mass is 10.1. The fraction of sp³-hybridized carbons (Fsp3) is 0.350. The van der Waals surface area contributed by atoms with E-state index in [2.05, 4.69) is 30.8 Å². The normalized spacial score (nSPS) is 18.4. The van der Waals surface area contributed by atoms with E-state index in [9.17, 15) is 9.18 Å². The Morgan fingerprint density at radius 3 is 2.89 bits per heavy atom. The predicted molar refractivity (Wildman–Crippen MR) is 109 cm³/mol. The van der Waals surface area contributed by atoms with Gasteiger partial charge in [0.1, 0.15) is 16.9 Å². The number of carbonyl (C=O) groups excluding carboxylic acids is 1. The molecule has 1 aromatic heterocycles. The summed E-state index contributed by atoms with van der Waals surface area (Å²) in [4.78, 5) is 16.9. The number of halogens is 1.